The number of pyridine rings is 1. The third-order valence-electron chi connectivity index (χ3n) is 4.60. The van der Waals surface area contributed by atoms with Gasteiger partial charge in [0.2, 0.25) is 0 Å². The minimum Gasteiger partial charge on any atom is -0.409 e. The summed E-state index contributed by atoms with van der Waals surface area (Å²) in [5, 5.41) is 9.16. The average Bonchev–Trinajstić information content (AvgIpc) is 3.19. The van der Waals surface area contributed by atoms with Crippen LogP contribution in [0.4, 0.5) is 4.79 Å². The molecule has 4 rings (SSSR count). The van der Waals surface area contributed by atoms with Crippen LogP contribution in [0.3, 0.4) is 0 Å². The van der Waals surface area contributed by atoms with E-state index in [1.54, 1.807) is 23.2 Å². The van der Waals surface area contributed by atoms with Gasteiger partial charge in [-0.25, -0.2) is 9.48 Å². The van der Waals surface area contributed by atoms with Crippen LogP contribution in [0, 0.1) is 0 Å². The van der Waals surface area contributed by atoms with Crippen molar-refractivity contribution < 1.29 is 9.53 Å². The first-order valence-electron chi connectivity index (χ1n) is 8.74. The Bertz CT molecular complexity index is 923. The topological polar surface area (TPSA) is 73.1 Å². The number of nitrogens with zero attached hydrogens (tertiary/aromatic N) is 5. The van der Waals surface area contributed by atoms with Crippen LogP contribution in [0.25, 0.3) is 11.3 Å². The molecule has 1 saturated heterocycles. The predicted octanol–water partition coefficient (Wildman–Crippen LogP) is 3.83. The number of hydrogen-bond donors (Lipinski definition) is 0. The van der Waals surface area contributed by atoms with Gasteiger partial charge in [0.25, 0.3) is 0 Å². The van der Waals surface area contributed by atoms with Crippen LogP contribution >= 0.6 is 11.6 Å². The molecule has 1 aliphatic rings. The van der Waals surface area contributed by atoms with E-state index in [2.05, 4.69) is 15.3 Å². The fraction of sp³-hybridized carbons (Fsp3) is 0.263. The number of aromatic nitrogens is 4. The largest absolute Gasteiger partial charge is 0.415 e. The molecule has 0 N–H and O–H groups in total. The maximum atomic E-state index is 12.3. The molecule has 1 aliphatic heterocycles. The summed E-state index contributed by atoms with van der Waals surface area (Å²) in [5.41, 5.74) is 1.61. The second kappa shape index (κ2) is 7.75. The molecule has 3 heterocycles. The Morgan fingerprint density at radius 1 is 1.15 bits per heavy atom. The summed E-state index contributed by atoms with van der Waals surface area (Å²) < 4.78 is 7.21. The van der Waals surface area contributed by atoms with E-state index in [0.717, 1.165) is 24.1 Å². The molecule has 0 radical (unpaired) electrons. The maximum absolute atomic E-state index is 12.3. The van der Waals surface area contributed by atoms with Gasteiger partial charge >= 0.3 is 6.09 Å². The molecule has 1 aromatic carbocycles. The predicted molar refractivity (Wildman–Crippen MR) is 101 cm³/mol. The van der Waals surface area contributed by atoms with Crippen molar-refractivity contribution in [2.75, 3.05) is 13.1 Å². The lowest BCUT2D eigenvalue weighted by Crippen LogP contribution is -2.40. The van der Waals surface area contributed by atoms with Gasteiger partial charge in [-0.1, -0.05) is 35.0 Å². The van der Waals surface area contributed by atoms with E-state index in [9.17, 15) is 4.79 Å². The highest BCUT2D eigenvalue weighted by molar-refractivity contribution is 6.33. The van der Waals surface area contributed by atoms with E-state index in [-0.39, 0.29) is 12.1 Å². The molecule has 27 heavy (non-hydrogen) atoms. The monoisotopic (exact) mass is 383 g/mol. The second-order valence-electron chi connectivity index (χ2n) is 6.34. The second-order valence-corrected chi connectivity index (χ2v) is 6.75. The maximum Gasteiger partial charge on any atom is 0.415 e. The van der Waals surface area contributed by atoms with Gasteiger partial charge in [0.15, 0.2) is 5.75 Å². The van der Waals surface area contributed by atoms with Gasteiger partial charge in [-0.2, -0.15) is 0 Å². The zero-order valence-corrected chi connectivity index (χ0v) is 15.3. The van der Waals surface area contributed by atoms with Gasteiger partial charge in [-0.05, 0) is 31.0 Å². The molecule has 0 spiro atoms. The highest BCUT2D eigenvalue weighted by atomic mass is 35.5. The summed E-state index contributed by atoms with van der Waals surface area (Å²) in [6.45, 7) is 1.20. The Morgan fingerprint density at radius 2 is 1.96 bits per heavy atom. The molecule has 0 atom stereocenters. The van der Waals surface area contributed by atoms with Crippen molar-refractivity contribution in [3.8, 4) is 17.0 Å². The van der Waals surface area contributed by atoms with Crippen molar-refractivity contribution in [3.05, 3.63) is 60.0 Å². The van der Waals surface area contributed by atoms with Crippen molar-refractivity contribution in [1.29, 1.82) is 0 Å². The summed E-state index contributed by atoms with van der Waals surface area (Å²) in [5.74, 6) is 0.449. The molecular formula is C19H18ClN5O2. The Labute approximate surface area is 161 Å². The third kappa shape index (κ3) is 3.93. The van der Waals surface area contributed by atoms with Crippen LogP contribution in [0.15, 0.2) is 55.0 Å². The smallest absolute Gasteiger partial charge is 0.409 e. The third-order valence-corrected chi connectivity index (χ3v) is 4.93. The lowest BCUT2D eigenvalue weighted by molar-refractivity contribution is 0.129. The summed E-state index contributed by atoms with van der Waals surface area (Å²) in [4.78, 5) is 17.9. The van der Waals surface area contributed by atoms with Gasteiger partial charge in [-0.15, -0.1) is 5.10 Å². The van der Waals surface area contributed by atoms with Crippen LogP contribution in [-0.2, 0) is 0 Å². The number of carbonyl (C=O) groups is 1. The fourth-order valence-electron chi connectivity index (χ4n) is 3.13. The first-order chi connectivity index (χ1) is 13.2. The first kappa shape index (κ1) is 17.5. The van der Waals surface area contributed by atoms with E-state index in [4.69, 9.17) is 16.3 Å². The van der Waals surface area contributed by atoms with Gasteiger partial charge in [0.05, 0.1) is 23.5 Å². The molecular weight excluding hydrogens is 366 g/mol. The minimum absolute atomic E-state index is 0.191. The average molecular weight is 384 g/mol. The molecule has 0 bridgehead atoms. The molecule has 3 aromatic rings. The Morgan fingerprint density at radius 3 is 2.70 bits per heavy atom. The highest BCUT2D eigenvalue weighted by Gasteiger charge is 2.26. The van der Waals surface area contributed by atoms with Crippen molar-refractivity contribution >= 4 is 17.7 Å². The van der Waals surface area contributed by atoms with Gasteiger partial charge in [0, 0.05) is 24.8 Å². The van der Waals surface area contributed by atoms with E-state index >= 15 is 0 Å². The lowest BCUT2D eigenvalue weighted by Gasteiger charge is -2.30. The van der Waals surface area contributed by atoms with Crippen LogP contribution in [0.2, 0.25) is 5.02 Å². The Hall–Kier alpha value is -2.93. The molecule has 1 amide bonds. The lowest BCUT2D eigenvalue weighted by atomic mass is 10.1. The van der Waals surface area contributed by atoms with Crippen LogP contribution in [0.5, 0.6) is 5.75 Å². The SMILES string of the molecule is O=C(Oc1cccnc1)N1CCC(n2cc(-c3ccccc3Cl)nn2)CC1. The number of hydrogen-bond acceptors (Lipinski definition) is 5. The van der Waals surface area contributed by atoms with E-state index < -0.39 is 0 Å². The number of carbonyl (C=O) groups excluding carboxylic acids is 1. The number of piperidine rings is 1. The van der Waals surface area contributed by atoms with E-state index in [1.807, 2.05) is 35.1 Å². The van der Waals surface area contributed by atoms with Crippen LogP contribution in [0.1, 0.15) is 18.9 Å². The van der Waals surface area contributed by atoms with E-state index in [1.165, 1.54) is 6.20 Å². The van der Waals surface area contributed by atoms with Crippen molar-refractivity contribution in [2.45, 2.75) is 18.9 Å². The molecule has 1 fully saturated rings. The van der Waals surface area contributed by atoms with Crippen molar-refractivity contribution in [3.63, 3.8) is 0 Å². The number of ether oxygens (including phenoxy) is 1. The normalized spacial score (nSPS) is 14.9. The van der Waals surface area contributed by atoms with Crippen LogP contribution < -0.4 is 4.74 Å². The standard InChI is InChI=1S/C19H18ClN5O2/c20-17-6-2-1-5-16(17)18-13-25(23-22-18)14-7-10-24(11-8-14)19(26)27-15-4-3-9-21-12-15/h1-6,9,12-14H,7-8,10-11H2. The molecule has 0 saturated carbocycles. The summed E-state index contributed by atoms with van der Waals surface area (Å²) in [6.07, 6.45) is 6.29. The summed E-state index contributed by atoms with van der Waals surface area (Å²) in [6, 6.07) is 11.2. The Balaban J connectivity index is 1.37. The first-order valence-corrected chi connectivity index (χ1v) is 9.12. The van der Waals surface area contributed by atoms with Crippen LogP contribution in [-0.4, -0.2) is 44.1 Å². The number of amides is 1. The molecule has 0 aliphatic carbocycles. The molecule has 138 valence electrons. The highest BCUT2D eigenvalue weighted by Crippen LogP contribution is 2.28. The quantitative estimate of drug-likeness (QED) is 0.687. The minimum atomic E-state index is -0.350. The van der Waals surface area contributed by atoms with Gasteiger partial charge < -0.3 is 9.64 Å². The molecule has 7 nitrogen and oxygen atoms in total. The molecule has 2 aromatic heterocycles. The zero-order valence-electron chi connectivity index (χ0n) is 14.5. The van der Waals surface area contributed by atoms with Gasteiger partial charge in [0.1, 0.15) is 5.69 Å². The number of benzene rings is 1. The van der Waals surface area contributed by atoms with Crippen molar-refractivity contribution in [1.82, 2.24) is 24.9 Å². The summed E-state index contributed by atoms with van der Waals surface area (Å²) in [7, 11) is 0. The number of halogens is 1. The Kier molecular flexibility index (Phi) is 5.02. The van der Waals surface area contributed by atoms with E-state index in [0.29, 0.717) is 23.9 Å². The van der Waals surface area contributed by atoms with Gasteiger partial charge in [-0.3, -0.25) is 4.98 Å². The molecule has 8 heteroatoms. The fourth-order valence-corrected chi connectivity index (χ4v) is 3.37. The molecule has 0 unspecified atom stereocenters. The zero-order chi connectivity index (χ0) is 18.6. The van der Waals surface area contributed by atoms with Crippen molar-refractivity contribution in [2.24, 2.45) is 0 Å². The number of likely N-dealkylation sites (tertiary alicyclic amines) is 1. The summed E-state index contributed by atoms with van der Waals surface area (Å²) >= 11 is 6.23. The number of rotatable bonds is 3.